The van der Waals surface area contributed by atoms with Gasteiger partial charge in [-0.25, -0.2) is 0 Å². The summed E-state index contributed by atoms with van der Waals surface area (Å²) in [7, 11) is 0. The Kier molecular flexibility index (Phi) is 5.16. The molecule has 2 aromatic rings. The van der Waals surface area contributed by atoms with Gasteiger partial charge in [0.1, 0.15) is 4.88 Å². The average molecular weight is 338 g/mol. The molecule has 19 heavy (non-hydrogen) atoms. The maximum atomic E-state index is 12.3. The Balaban J connectivity index is 2.14. The van der Waals surface area contributed by atoms with Crippen molar-refractivity contribution in [1.82, 2.24) is 5.32 Å². The molecule has 2 rings (SSSR count). The zero-order chi connectivity index (χ0) is 13.7. The van der Waals surface area contributed by atoms with Gasteiger partial charge in [0.05, 0.1) is 6.04 Å². The van der Waals surface area contributed by atoms with Crippen LogP contribution in [0.2, 0.25) is 0 Å². The fourth-order valence-electron chi connectivity index (χ4n) is 1.98. The molecule has 0 spiro atoms. The first kappa shape index (κ1) is 14.3. The summed E-state index contributed by atoms with van der Waals surface area (Å²) in [6, 6.07) is 12.1. The normalized spacial score (nSPS) is 12.1. The Hall–Kier alpha value is -1.13. The van der Waals surface area contributed by atoms with Crippen molar-refractivity contribution in [3.05, 3.63) is 56.7 Å². The number of halogens is 1. The molecule has 1 atom stereocenters. The number of benzene rings is 1. The van der Waals surface area contributed by atoms with E-state index in [9.17, 15) is 4.79 Å². The van der Waals surface area contributed by atoms with Crippen molar-refractivity contribution in [1.29, 1.82) is 0 Å². The van der Waals surface area contributed by atoms with Gasteiger partial charge < -0.3 is 5.32 Å². The highest BCUT2D eigenvalue weighted by Gasteiger charge is 2.17. The number of hydrogen-bond acceptors (Lipinski definition) is 2. The van der Waals surface area contributed by atoms with Crippen LogP contribution >= 0.6 is 27.3 Å². The van der Waals surface area contributed by atoms with Gasteiger partial charge in [0.25, 0.3) is 5.91 Å². The second-order valence-corrected chi connectivity index (χ2v) is 6.09. The summed E-state index contributed by atoms with van der Waals surface area (Å²) in [5.41, 5.74) is 1.16. The number of hydrogen-bond donors (Lipinski definition) is 1. The first-order valence-corrected chi connectivity index (χ1v) is 7.98. The van der Waals surface area contributed by atoms with Crippen LogP contribution < -0.4 is 5.32 Å². The van der Waals surface area contributed by atoms with Crippen molar-refractivity contribution in [3.63, 3.8) is 0 Å². The van der Waals surface area contributed by atoms with E-state index in [0.717, 1.165) is 27.8 Å². The Morgan fingerprint density at radius 2 is 2.05 bits per heavy atom. The maximum absolute atomic E-state index is 12.3. The number of carbonyl (C=O) groups is 1. The molecule has 2 nitrogen and oxygen atoms in total. The quantitative estimate of drug-likeness (QED) is 0.835. The van der Waals surface area contributed by atoms with E-state index in [-0.39, 0.29) is 11.9 Å². The van der Waals surface area contributed by atoms with Crippen molar-refractivity contribution < 1.29 is 4.79 Å². The summed E-state index contributed by atoms with van der Waals surface area (Å²) in [5, 5.41) is 5.03. The number of carbonyl (C=O) groups excluding carboxylic acids is 1. The monoisotopic (exact) mass is 337 g/mol. The zero-order valence-corrected chi connectivity index (χ0v) is 13.1. The van der Waals surface area contributed by atoms with Gasteiger partial charge in [0, 0.05) is 4.47 Å². The van der Waals surface area contributed by atoms with Gasteiger partial charge >= 0.3 is 0 Å². The molecule has 1 heterocycles. The number of thiophene rings is 1. The van der Waals surface area contributed by atoms with Gasteiger partial charge in [-0.3, -0.25) is 4.79 Å². The summed E-state index contributed by atoms with van der Waals surface area (Å²) in [4.78, 5) is 13.0. The third kappa shape index (κ3) is 3.67. The van der Waals surface area contributed by atoms with Crippen LogP contribution in [-0.2, 0) is 0 Å². The molecule has 1 N–H and O–H groups in total. The van der Waals surface area contributed by atoms with Crippen LogP contribution in [0, 0.1) is 0 Å². The van der Waals surface area contributed by atoms with Gasteiger partial charge in [0.2, 0.25) is 0 Å². The minimum Gasteiger partial charge on any atom is -0.345 e. The van der Waals surface area contributed by atoms with Crippen molar-refractivity contribution in [2.24, 2.45) is 0 Å². The standard InChI is InChI=1S/C15H16BrNOS/c1-2-6-13(11-7-4-3-5-8-11)17-15(18)14-12(16)9-10-19-14/h3-5,7-10,13H,2,6H2,1H3,(H,17,18). The van der Waals surface area contributed by atoms with Crippen molar-refractivity contribution in [2.75, 3.05) is 0 Å². The molecule has 0 bridgehead atoms. The summed E-state index contributed by atoms with van der Waals surface area (Å²) in [6.45, 7) is 2.13. The molecule has 0 aliphatic carbocycles. The van der Waals surface area contributed by atoms with E-state index < -0.39 is 0 Å². The second kappa shape index (κ2) is 6.87. The van der Waals surface area contributed by atoms with Crippen molar-refractivity contribution in [3.8, 4) is 0 Å². The molecule has 0 radical (unpaired) electrons. The topological polar surface area (TPSA) is 29.1 Å². The summed E-state index contributed by atoms with van der Waals surface area (Å²) in [5.74, 6) is -0.0100. The minimum absolute atomic E-state index is 0.0100. The van der Waals surface area contributed by atoms with Crippen LogP contribution in [0.25, 0.3) is 0 Å². The SMILES string of the molecule is CCCC(NC(=O)c1sccc1Br)c1ccccc1. The molecule has 1 aromatic carbocycles. The first-order valence-electron chi connectivity index (χ1n) is 6.31. The van der Waals surface area contributed by atoms with Crippen LogP contribution in [0.5, 0.6) is 0 Å². The fourth-order valence-corrected chi connectivity index (χ4v) is 3.43. The average Bonchev–Trinajstić information content (AvgIpc) is 2.85. The Bertz CT molecular complexity index is 538. The molecule has 0 aliphatic heterocycles. The van der Waals surface area contributed by atoms with E-state index in [1.165, 1.54) is 11.3 Å². The third-order valence-electron chi connectivity index (χ3n) is 2.91. The van der Waals surface area contributed by atoms with E-state index in [2.05, 4.69) is 40.3 Å². The van der Waals surface area contributed by atoms with Gasteiger partial charge in [0.15, 0.2) is 0 Å². The molecular weight excluding hydrogens is 322 g/mol. The van der Waals surface area contributed by atoms with Crippen LogP contribution in [-0.4, -0.2) is 5.91 Å². The smallest absolute Gasteiger partial charge is 0.262 e. The second-order valence-electron chi connectivity index (χ2n) is 4.32. The van der Waals surface area contributed by atoms with Gasteiger partial charge in [-0.2, -0.15) is 0 Å². The number of rotatable bonds is 5. The predicted molar refractivity (Wildman–Crippen MR) is 83.6 cm³/mol. The van der Waals surface area contributed by atoms with Crippen molar-refractivity contribution in [2.45, 2.75) is 25.8 Å². The fraction of sp³-hybridized carbons (Fsp3) is 0.267. The summed E-state index contributed by atoms with van der Waals surface area (Å²) >= 11 is 4.86. The summed E-state index contributed by atoms with van der Waals surface area (Å²) in [6.07, 6.45) is 1.98. The molecular formula is C15H16BrNOS. The van der Waals surface area contributed by atoms with Gasteiger partial charge in [-0.15, -0.1) is 11.3 Å². The lowest BCUT2D eigenvalue weighted by molar-refractivity contribution is 0.0938. The first-order chi connectivity index (χ1) is 9.22. The van der Waals surface area contributed by atoms with Crippen molar-refractivity contribution >= 4 is 33.2 Å². The van der Waals surface area contributed by atoms with Crippen LogP contribution in [0.15, 0.2) is 46.3 Å². The van der Waals surface area contributed by atoms with E-state index >= 15 is 0 Å². The number of amides is 1. The highest BCUT2D eigenvalue weighted by atomic mass is 79.9. The highest BCUT2D eigenvalue weighted by molar-refractivity contribution is 9.10. The molecule has 1 aromatic heterocycles. The van der Waals surface area contributed by atoms with Crippen LogP contribution in [0.4, 0.5) is 0 Å². The van der Waals surface area contributed by atoms with Gasteiger partial charge in [-0.1, -0.05) is 43.7 Å². The maximum Gasteiger partial charge on any atom is 0.262 e. The lowest BCUT2D eigenvalue weighted by Gasteiger charge is -2.18. The Labute approximate surface area is 126 Å². The number of nitrogens with one attached hydrogen (secondary N) is 1. The van der Waals surface area contributed by atoms with Crippen LogP contribution in [0.3, 0.4) is 0 Å². The lowest BCUT2D eigenvalue weighted by atomic mass is 10.0. The van der Waals surface area contributed by atoms with E-state index in [1.54, 1.807) is 0 Å². The molecule has 0 saturated heterocycles. The third-order valence-corrected chi connectivity index (χ3v) is 4.74. The van der Waals surface area contributed by atoms with E-state index in [0.29, 0.717) is 0 Å². The minimum atomic E-state index is -0.0100. The van der Waals surface area contributed by atoms with E-state index in [4.69, 9.17) is 0 Å². The Morgan fingerprint density at radius 1 is 1.32 bits per heavy atom. The van der Waals surface area contributed by atoms with Gasteiger partial charge in [-0.05, 0) is 39.4 Å². The lowest BCUT2D eigenvalue weighted by Crippen LogP contribution is -2.28. The molecule has 0 aliphatic rings. The molecule has 4 heteroatoms. The molecule has 0 saturated carbocycles. The largest absolute Gasteiger partial charge is 0.345 e. The molecule has 100 valence electrons. The van der Waals surface area contributed by atoms with Crippen LogP contribution in [0.1, 0.15) is 41.0 Å². The zero-order valence-electron chi connectivity index (χ0n) is 10.7. The van der Waals surface area contributed by atoms with E-state index in [1.807, 2.05) is 29.6 Å². The summed E-state index contributed by atoms with van der Waals surface area (Å²) < 4.78 is 0.860. The molecule has 0 fully saturated rings. The Morgan fingerprint density at radius 3 is 2.63 bits per heavy atom. The molecule has 1 amide bonds. The highest BCUT2D eigenvalue weighted by Crippen LogP contribution is 2.25. The predicted octanol–water partition coefficient (Wildman–Crippen LogP) is 4.78. The molecule has 1 unspecified atom stereocenters.